The molecule has 0 radical (unpaired) electrons. The smallest absolute Gasteiger partial charge is 0.210 e. The third kappa shape index (κ3) is 5.24. The van der Waals surface area contributed by atoms with Crippen molar-refractivity contribution in [2.24, 2.45) is 0 Å². The van der Waals surface area contributed by atoms with Crippen LogP contribution in [0.4, 0.5) is 0 Å². The van der Waals surface area contributed by atoms with Crippen molar-refractivity contribution in [3.8, 4) is 0 Å². The van der Waals surface area contributed by atoms with Crippen molar-refractivity contribution in [1.82, 2.24) is 14.7 Å². The summed E-state index contributed by atoms with van der Waals surface area (Å²) in [5, 5.41) is 0. The Hall–Kier alpha value is -1.20. The maximum absolute atomic E-state index is 11.7. The Morgan fingerprint density at radius 1 is 0.786 bits per heavy atom. The molecule has 0 aromatic heterocycles. The predicted octanol–water partition coefficient (Wildman–Crippen LogP) is -1.26. The number of amides is 2. The van der Waals surface area contributed by atoms with Gasteiger partial charge in [0.2, 0.25) is 12.8 Å². The molecule has 2 amide bonds. The lowest BCUT2D eigenvalue weighted by molar-refractivity contribution is -0.123. The van der Waals surface area contributed by atoms with Gasteiger partial charge in [0, 0.05) is 44.3 Å². The molecule has 0 bridgehead atoms. The Morgan fingerprint density at radius 2 is 1.36 bits per heavy atom. The average molecular weight is 436 g/mol. The summed E-state index contributed by atoms with van der Waals surface area (Å²) in [6.45, 7) is 2.70. The lowest BCUT2D eigenvalue weighted by atomic mass is 10.0. The molecule has 28 heavy (non-hydrogen) atoms. The van der Waals surface area contributed by atoms with E-state index < -0.39 is 19.7 Å². The van der Waals surface area contributed by atoms with Gasteiger partial charge in [-0.15, -0.1) is 0 Å². The Bertz CT molecular complexity index is 777. The minimum absolute atomic E-state index is 0.0480. The number of carbonyl (C=O) groups excluding carboxylic acids is 2. The third-order valence-electron chi connectivity index (χ3n) is 6.22. The molecule has 2 atom stereocenters. The molecule has 0 spiro atoms. The van der Waals surface area contributed by atoms with E-state index in [4.69, 9.17) is 0 Å². The zero-order valence-corrected chi connectivity index (χ0v) is 17.6. The van der Waals surface area contributed by atoms with E-state index in [-0.39, 0.29) is 41.1 Å². The second-order valence-electron chi connectivity index (χ2n) is 8.08. The van der Waals surface area contributed by atoms with Gasteiger partial charge in [0.15, 0.2) is 19.7 Å². The Kier molecular flexibility index (Phi) is 6.65. The quantitative estimate of drug-likeness (QED) is 0.438. The van der Waals surface area contributed by atoms with E-state index in [0.717, 1.165) is 38.8 Å². The molecule has 11 heteroatoms. The van der Waals surface area contributed by atoms with Gasteiger partial charge in [0.25, 0.3) is 0 Å². The summed E-state index contributed by atoms with van der Waals surface area (Å²) in [4.78, 5) is 28.4. The number of rotatable bonds is 8. The number of nitrogens with zero attached hydrogens (tertiary/aromatic N) is 3. The maximum atomic E-state index is 11.7. The number of hydrogen-bond acceptors (Lipinski definition) is 7. The summed E-state index contributed by atoms with van der Waals surface area (Å²) in [6, 6.07) is -0.391. The standard InChI is InChI=1S/C17H29N3O6S2/c21-13-19(16-3-9-27(23,24)11-16)8-7-18-5-1-15(2-6-18)20(14-22)17-4-10-28(25,26)12-17/h13-17H,1-12H2/t16-,17+/m1/s1. The van der Waals surface area contributed by atoms with Crippen LogP contribution in [0.1, 0.15) is 25.7 Å². The summed E-state index contributed by atoms with van der Waals surface area (Å²) in [7, 11) is -6.06. The largest absolute Gasteiger partial charge is 0.340 e. The van der Waals surface area contributed by atoms with Gasteiger partial charge in [-0.2, -0.15) is 0 Å². The molecule has 3 fully saturated rings. The van der Waals surface area contributed by atoms with Gasteiger partial charge in [-0.3, -0.25) is 9.59 Å². The molecule has 0 N–H and O–H groups in total. The summed E-state index contributed by atoms with van der Waals surface area (Å²) in [5.74, 6) is 0.405. The molecule has 0 saturated carbocycles. The first kappa shape index (κ1) is 21.5. The molecule has 3 rings (SSSR count). The van der Waals surface area contributed by atoms with Gasteiger partial charge in [0.05, 0.1) is 23.0 Å². The van der Waals surface area contributed by atoms with E-state index >= 15 is 0 Å². The Labute approximate surface area is 166 Å². The molecule has 160 valence electrons. The first-order valence-electron chi connectivity index (χ1n) is 9.80. The lowest BCUT2D eigenvalue weighted by Crippen LogP contribution is -2.50. The van der Waals surface area contributed by atoms with Crippen molar-refractivity contribution >= 4 is 32.5 Å². The summed E-state index contributed by atoms with van der Waals surface area (Å²) < 4.78 is 46.6. The van der Waals surface area contributed by atoms with Gasteiger partial charge < -0.3 is 14.7 Å². The second-order valence-corrected chi connectivity index (χ2v) is 12.5. The van der Waals surface area contributed by atoms with E-state index in [0.29, 0.717) is 25.9 Å². The monoisotopic (exact) mass is 435 g/mol. The van der Waals surface area contributed by atoms with Crippen LogP contribution in [0.5, 0.6) is 0 Å². The normalized spacial score (nSPS) is 30.1. The SMILES string of the molecule is O=CN(CCN1CCC(N(C=O)[C@H]2CCS(=O)(=O)C2)CC1)[C@@H]1CCS(=O)(=O)C1. The zero-order valence-electron chi connectivity index (χ0n) is 16.0. The van der Waals surface area contributed by atoms with Crippen LogP contribution >= 0.6 is 0 Å². The molecule has 3 heterocycles. The van der Waals surface area contributed by atoms with E-state index in [1.54, 1.807) is 9.80 Å². The highest BCUT2D eigenvalue weighted by atomic mass is 32.2. The van der Waals surface area contributed by atoms with Crippen molar-refractivity contribution < 1.29 is 26.4 Å². The van der Waals surface area contributed by atoms with Crippen LogP contribution in [-0.4, -0.2) is 112 Å². The van der Waals surface area contributed by atoms with Crippen molar-refractivity contribution in [3.63, 3.8) is 0 Å². The van der Waals surface area contributed by atoms with Crippen LogP contribution in [0.2, 0.25) is 0 Å². The van der Waals surface area contributed by atoms with Crippen LogP contribution in [0.15, 0.2) is 0 Å². The van der Waals surface area contributed by atoms with Gasteiger partial charge in [0.1, 0.15) is 0 Å². The van der Waals surface area contributed by atoms with Crippen LogP contribution < -0.4 is 0 Å². The molecule has 3 aliphatic rings. The van der Waals surface area contributed by atoms with Crippen molar-refractivity contribution in [3.05, 3.63) is 0 Å². The van der Waals surface area contributed by atoms with E-state index in [9.17, 15) is 26.4 Å². The summed E-state index contributed by atoms with van der Waals surface area (Å²) in [5.41, 5.74) is 0. The highest BCUT2D eigenvalue weighted by molar-refractivity contribution is 7.91. The molecule has 3 aliphatic heterocycles. The fourth-order valence-corrected chi connectivity index (χ4v) is 8.00. The van der Waals surface area contributed by atoms with Crippen LogP contribution in [-0.2, 0) is 29.3 Å². The van der Waals surface area contributed by atoms with E-state index in [1.807, 2.05) is 0 Å². The van der Waals surface area contributed by atoms with Crippen molar-refractivity contribution in [2.75, 3.05) is 49.2 Å². The third-order valence-corrected chi connectivity index (χ3v) is 9.72. The van der Waals surface area contributed by atoms with Gasteiger partial charge in [-0.25, -0.2) is 16.8 Å². The van der Waals surface area contributed by atoms with Gasteiger partial charge in [-0.1, -0.05) is 0 Å². The highest BCUT2D eigenvalue weighted by Crippen LogP contribution is 2.24. The minimum Gasteiger partial charge on any atom is -0.340 e. The summed E-state index contributed by atoms with van der Waals surface area (Å²) in [6.07, 6.45) is 4.09. The molecule has 0 aliphatic carbocycles. The topological polar surface area (TPSA) is 112 Å². The molecule has 0 aromatic carbocycles. The van der Waals surface area contributed by atoms with Crippen LogP contribution in [0.25, 0.3) is 0 Å². The number of hydrogen-bond donors (Lipinski definition) is 0. The fraction of sp³-hybridized carbons (Fsp3) is 0.882. The Morgan fingerprint density at radius 3 is 1.82 bits per heavy atom. The summed E-state index contributed by atoms with van der Waals surface area (Å²) >= 11 is 0. The molecule has 9 nitrogen and oxygen atoms in total. The van der Waals surface area contributed by atoms with Crippen molar-refractivity contribution in [1.29, 1.82) is 0 Å². The molecule has 0 aromatic rings. The van der Waals surface area contributed by atoms with Gasteiger partial charge in [-0.05, 0) is 25.7 Å². The van der Waals surface area contributed by atoms with E-state index in [2.05, 4.69) is 4.90 Å². The number of likely N-dealkylation sites (tertiary alicyclic amines) is 1. The van der Waals surface area contributed by atoms with E-state index in [1.165, 1.54) is 0 Å². The lowest BCUT2D eigenvalue weighted by Gasteiger charge is -2.39. The number of carbonyl (C=O) groups is 2. The molecule has 0 unspecified atom stereocenters. The first-order valence-corrected chi connectivity index (χ1v) is 13.4. The second kappa shape index (κ2) is 8.66. The Balaban J connectivity index is 1.46. The average Bonchev–Trinajstić information content (AvgIpc) is 3.19. The first-order chi connectivity index (χ1) is 13.2. The van der Waals surface area contributed by atoms with Crippen LogP contribution in [0, 0.1) is 0 Å². The molecular weight excluding hydrogens is 406 g/mol. The number of sulfone groups is 2. The highest BCUT2D eigenvalue weighted by Gasteiger charge is 2.36. The van der Waals surface area contributed by atoms with Crippen molar-refractivity contribution in [2.45, 2.75) is 43.8 Å². The zero-order chi connectivity index (χ0) is 20.4. The minimum atomic E-state index is -3.03. The number of piperidine rings is 1. The molecule has 3 saturated heterocycles. The predicted molar refractivity (Wildman–Crippen MR) is 104 cm³/mol. The molecular formula is C17H29N3O6S2. The van der Waals surface area contributed by atoms with Crippen LogP contribution in [0.3, 0.4) is 0 Å². The fourth-order valence-electron chi connectivity index (χ4n) is 4.54. The van der Waals surface area contributed by atoms with Gasteiger partial charge >= 0.3 is 0 Å². The maximum Gasteiger partial charge on any atom is 0.210 e.